The van der Waals surface area contributed by atoms with Crippen molar-refractivity contribution in [1.29, 1.82) is 0 Å². The lowest BCUT2D eigenvalue weighted by Crippen LogP contribution is -2.19. The molecule has 1 aliphatic rings. The minimum Gasteiger partial charge on any atom is -0.366 e. The molecule has 1 fully saturated rings. The maximum atomic E-state index is 4.39. The van der Waals surface area contributed by atoms with Gasteiger partial charge < -0.3 is 10.2 Å². The third kappa shape index (κ3) is 3.11. The zero-order valence-electron chi connectivity index (χ0n) is 13.1. The van der Waals surface area contributed by atoms with Crippen molar-refractivity contribution >= 4 is 22.4 Å². The fourth-order valence-electron chi connectivity index (χ4n) is 3.10. The Morgan fingerprint density at radius 2 is 1.74 bits per heavy atom. The van der Waals surface area contributed by atoms with Crippen molar-refractivity contribution in [3.8, 4) is 0 Å². The molecule has 1 N–H and O–H groups in total. The number of fused-ring (bicyclic) bond motifs is 1. The van der Waals surface area contributed by atoms with Gasteiger partial charge in [0.05, 0.1) is 0 Å². The number of rotatable bonds is 4. The molecule has 0 amide bonds. The van der Waals surface area contributed by atoms with Crippen molar-refractivity contribution in [2.45, 2.75) is 19.4 Å². The van der Waals surface area contributed by atoms with Gasteiger partial charge in [0.15, 0.2) is 0 Å². The third-order valence-corrected chi connectivity index (χ3v) is 4.37. The van der Waals surface area contributed by atoms with Crippen LogP contribution in [0.5, 0.6) is 0 Å². The summed E-state index contributed by atoms with van der Waals surface area (Å²) < 4.78 is 0. The van der Waals surface area contributed by atoms with Crippen LogP contribution >= 0.6 is 0 Å². The van der Waals surface area contributed by atoms with Crippen LogP contribution < -0.4 is 10.2 Å². The van der Waals surface area contributed by atoms with E-state index in [0.717, 1.165) is 31.3 Å². The van der Waals surface area contributed by atoms with Gasteiger partial charge in [0.25, 0.3) is 0 Å². The van der Waals surface area contributed by atoms with Crippen LogP contribution in [0.25, 0.3) is 10.8 Å². The van der Waals surface area contributed by atoms with Gasteiger partial charge >= 0.3 is 0 Å². The fourth-order valence-corrected chi connectivity index (χ4v) is 3.10. The Hall–Kier alpha value is -2.62. The SMILES string of the molecule is c1ccc2cc(CNc3cc(N4CCCC4)ncn3)ccc2c1. The minimum atomic E-state index is 0.765. The maximum absolute atomic E-state index is 4.39. The summed E-state index contributed by atoms with van der Waals surface area (Å²) in [5.41, 5.74) is 1.25. The maximum Gasteiger partial charge on any atom is 0.134 e. The second-order valence-electron chi connectivity index (χ2n) is 5.99. The molecule has 1 saturated heterocycles. The van der Waals surface area contributed by atoms with Crippen LogP contribution in [0.4, 0.5) is 11.6 Å². The largest absolute Gasteiger partial charge is 0.366 e. The summed E-state index contributed by atoms with van der Waals surface area (Å²) >= 11 is 0. The second kappa shape index (κ2) is 6.24. The smallest absolute Gasteiger partial charge is 0.134 e. The molecule has 0 spiro atoms. The highest BCUT2D eigenvalue weighted by Crippen LogP contribution is 2.20. The van der Waals surface area contributed by atoms with Gasteiger partial charge in [-0.25, -0.2) is 9.97 Å². The van der Waals surface area contributed by atoms with Crippen molar-refractivity contribution in [3.63, 3.8) is 0 Å². The lowest BCUT2D eigenvalue weighted by atomic mass is 10.1. The van der Waals surface area contributed by atoms with Crippen LogP contribution in [-0.4, -0.2) is 23.1 Å². The molecule has 0 radical (unpaired) electrons. The summed E-state index contributed by atoms with van der Waals surface area (Å²) in [5, 5.41) is 5.96. The van der Waals surface area contributed by atoms with Crippen molar-refractivity contribution in [2.75, 3.05) is 23.3 Å². The standard InChI is InChI=1S/C19H20N4/c1-2-6-17-11-15(7-8-16(17)5-1)13-20-18-12-19(22-14-21-18)23-9-3-4-10-23/h1-2,5-8,11-12,14H,3-4,9-10,13H2,(H,20,21,22). The van der Waals surface area contributed by atoms with E-state index in [9.17, 15) is 0 Å². The number of nitrogens with one attached hydrogen (secondary N) is 1. The Morgan fingerprint density at radius 1 is 0.913 bits per heavy atom. The number of hydrogen-bond acceptors (Lipinski definition) is 4. The molecule has 23 heavy (non-hydrogen) atoms. The summed E-state index contributed by atoms with van der Waals surface area (Å²) in [6.45, 7) is 2.96. The van der Waals surface area contributed by atoms with Gasteiger partial charge in [-0.3, -0.25) is 0 Å². The molecule has 1 aliphatic heterocycles. The van der Waals surface area contributed by atoms with E-state index in [-0.39, 0.29) is 0 Å². The van der Waals surface area contributed by atoms with Crippen LogP contribution in [0.3, 0.4) is 0 Å². The predicted molar refractivity (Wildman–Crippen MR) is 94.8 cm³/mol. The molecule has 1 aromatic heterocycles. The molecule has 0 bridgehead atoms. The van der Waals surface area contributed by atoms with E-state index in [1.807, 2.05) is 6.07 Å². The Kier molecular flexibility index (Phi) is 3.80. The molecule has 3 aromatic rings. The Morgan fingerprint density at radius 3 is 2.61 bits per heavy atom. The van der Waals surface area contributed by atoms with Gasteiger partial charge in [0.2, 0.25) is 0 Å². The molecule has 2 heterocycles. The van der Waals surface area contributed by atoms with Crippen molar-refractivity contribution in [3.05, 3.63) is 60.4 Å². The molecule has 116 valence electrons. The van der Waals surface area contributed by atoms with E-state index < -0.39 is 0 Å². The summed E-state index contributed by atoms with van der Waals surface area (Å²) in [6.07, 6.45) is 4.16. The van der Waals surface area contributed by atoms with Crippen LogP contribution in [0.1, 0.15) is 18.4 Å². The lowest BCUT2D eigenvalue weighted by Gasteiger charge is -2.16. The van der Waals surface area contributed by atoms with E-state index in [0.29, 0.717) is 0 Å². The monoisotopic (exact) mass is 304 g/mol. The molecule has 4 heteroatoms. The van der Waals surface area contributed by atoms with Crippen LogP contribution in [0.15, 0.2) is 54.9 Å². The van der Waals surface area contributed by atoms with Gasteiger partial charge in [0, 0.05) is 25.7 Å². The van der Waals surface area contributed by atoms with Crippen molar-refractivity contribution < 1.29 is 0 Å². The number of benzene rings is 2. The van der Waals surface area contributed by atoms with E-state index in [2.05, 4.69) is 62.6 Å². The van der Waals surface area contributed by atoms with Gasteiger partial charge in [-0.15, -0.1) is 0 Å². The zero-order chi connectivity index (χ0) is 15.5. The number of aromatic nitrogens is 2. The summed E-state index contributed by atoms with van der Waals surface area (Å²) in [4.78, 5) is 11.1. The molecule has 0 atom stereocenters. The highest BCUT2D eigenvalue weighted by atomic mass is 15.2. The Balaban J connectivity index is 1.48. The zero-order valence-corrected chi connectivity index (χ0v) is 13.1. The molecular formula is C19H20N4. The average molecular weight is 304 g/mol. The van der Waals surface area contributed by atoms with Gasteiger partial charge in [-0.05, 0) is 35.2 Å². The van der Waals surface area contributed by atoms with Crippen molar-refractivity contribution in [2.24, 2.45) is 0 Å². The molecule has 4 nitrogen and oxygen atoms in total. The van der Waals surface area contributed by atoms with Crippen LogP contribution in [0, 0.1) is 0 Å². The summed E-state index contributed by atoms with van der Waals surface area (Å²) in [6, 6.07) is 17.0. The van der Waals surface area contributed by atoms with E-state index in [4.69, 9.17) is 0 Å². The predicted octanol–water partition coefficient (Wildman–Crippen LogP) is 3.84. The topological polar surface area (TPSA) is 41.0 Å². The first-order valence-corrected chi connectivity index (χ1v) is 8.17. The van der Waals surface area contributed by atoms with E-state index in [1.54, 1.807) is 6.33 Å². The summed E-state index contributed by atoms with van der Waals surface area (Å²) in [7, 11) is 0. The Labute approximate surface area is 136 Å². The molecule has 0 aliphatic carbocycles. The van der Waals surface area contributed by atoms with Gasteiger partial charge in [-0.2, -0.15) is 0 Å². The van der Waals surface area contributed by atoms with Crippen molar-refractivity contribution in [1.82, 2.24) is 9.97 Å². The van der Waals surface area contributed by atoms with E-state index >= 15 is 0 Å². The quantitative estimate of drug-likeness (QED) is 0.795. The highest BCUT2D eigenvalue weighted by molar-refractivity contribution is 5.83. The van der Waals surface area contributed by atoms with Crippen LogP contribution in [-0.2, 0) is 6.54 Å². The normalized spacial score (nSPS) is 14.3. The molecule has 2 aromatic carbocycles. The van der Waals surface area contributed by atoms with E-state index in [1.165, 1.54) is 29.2 Å². The second-order valence-corrected chi connectivity index (χ2v) is 5.99. The van der Waals surface area contributed by atoms with Crippen LogP contribution in [0.2, 0.25) is 0 Å². The first-order chi connectivity index (χ1) is 11.4. The lowest BCUT2D eigenvalue weighted by molar-refractivity contribution is 0.925. The number of nitrogens with zero attached hydrogens (tertiary/aromatic N) is 3. The number of anilines is 2. The molecule has 0 saturated carbocycles. The minimum absolute atomic E-state index is 0.765. The fraction of sp³-hybridized carbons (Fsp3) is 0.263. The Bertz CT molecular complexity index is 809. The first kappa shape index (κ1) is 14.0. The number of hydrogen-bond donors (Lipinski definition) is 1. The third-order valence-electron chi connectivity index (χ3n) is 4.37. The van der Waals surface area contributed by atoms with Gasteiger partial charge in [-0.1, -0.05) is 36.4 Å². The molecule has 4 rings (SSSR count). The first-order valence-electron chi connectivity index (χ1n) is 8.17. The molecule has 0 unspecified atom stereocenters. The highest BCUT2D eigenvalue weighted by Gasteiger charge is 2.13. The summed E-state index contributed by atoms with van der Waals surface area (Å²) in [5.74, 6) is 1.91. The average Bonchev–Trinajstić information content (AvgIpc) is 3.15. The van der Waals surface area contributed by atoms with Gasteiger partial charge in [0.1, 0.15) is 18.0 Å². The molecular weight excluding hydrogens is 284 g/mol.